The summed E-state index contributed by atoms with van der Waals surface area (Å²) in [5.41, 5.74) is 5.41. The van der Waals surface area contributed by atoms with Crippen LogP contribution < -0.4 is 20.7 Å². The van der Waals surface area contributed by atoms with Crippen molar-refractivity contribution in [2.45, 2.75) is 110 Å². The number of rotatable bonds is 16. The summed E-state index contributed by atoms with van der Waals surface area (Å²) in [5.74, 6) is 2.71. The van der Waals surface area contributed by atoms with E-state index in [1.807, 2.05) is 57.1 Å². The third kappa shape index (κ3) is 9.45. The van der Waals surface area contributed by atoms with Crippen molar-refractivity contribution in [3.8, 4) is 34.0 Å². The molecule has 0 radical (unpaired) electrons. The van der Waals surface area contributed by atoms with Crippen molar-refractivity contribution in [1.29, 1.82) is 0 Å². The molecule has 4 amide bonds. The number of amides is 4. The minimum atomic E-state index is -0.686. The van der Waals surface area contributed by atoms with Crippen LogP contribution in [-0.2, 0) is 30.9 Å². The third-order valence-corrected chi connectivity index (χ3v) is 12.3. The number of aryl methyl sites for hydroxylation is 1. The van der Waals surface area contributed by atoms with Gasteiger partial charge in [-0.2, -0.15) is 0 Å². The van der Waals surface area contributed by atoms with E-state index in [1.54, 1.807) is 0 Å². The van der Waals surface area contributed by atoms with Crippen molar-refractivity contribution in [2.24, 2.45) is 11.8 Å². The lowest BCUT2D eigenvalue weighted by Gasteiger charge is -2.35. The van der Waals surface area contributed by atoms with Crippen LogP contribution in [0.15, 0.2) is 48.8 Å². The number of aromatic nitrogens is 4. The Morgan fingerprint density at radius 3 is 2.22 bits per heavy atom. The molecule has 0 saturated carbocycles. The Labute approximate surface area is 352 Å². The maximum absolute atomic E-state index is 13.8. The van der Waals surface area contributed by atoms with Gasteiger partial charge in [-0.05, 0) is 61.8 Å². The van der Waals surface area contributed by atoms with Crippen LogP contribution >= 0.6 is 0 Å². The number of nitrogens with one attached hydrogen (secondary N) is 5. The molecule has 4 heterocycles. The van der Waals surface area contributed by atoms with Gasteiger partial charge in [0.05, 0.1) is 44.0 Å². The smallest absolute Gasteiger partial charge is 0.407 e. The topological polar surface area (TPSA) is 193 Å². The summed E-state index contributed by atoms with van der Waals surface area (Å²) in [6.07, 6.45) is 7.80. The van der Waals surface area contributed by atoms with Crippen molar-refractivity contribution in [1.82, 2.24) is 40.8 Å². The number of aromatic amines is 2. The highest BCUT2D eigenvalue weighted by atomic mass is 16.5. The molecule has 15 heteroatoms. The van der Waals surface area contributed by atoms with Crippen LogP contribution in [0, 0.1) is 11.8 Å². The second-order valence-corrected chi connectivity index (χ2v) is 16.5. The first-order chi connectivity index (χ1) is 28.8. The van der Waals surface area contributed by atoms with Crippen LogP contribution in [0.1, 0.15) is 109 Å². The fraction of sp³-hybridized carbons (Fsp3) is 0.511. The van der Waals surface area contributed by atoms with Gasteiger partial charge < -0.3 is 45.0 Å². The Bertz CT molecular complexity index is 2160. The lowest BCUT2D eigenvalue weighted by atomic mass is 9.75. The van der Waals surface area contributed by atoms with Gasteiger partial charge in [0.1, 0.15) is 35.2 Å². The molecule has 1 fully saturated rings. The van der Waals surface area contributed by atoms with Gasteiger partial charge in [-0.25, -0.2) is 19.6 Å². The molecule has 6 rings (SSSR count). The van der Waals surface area contributed by atoms with Crippen LogP contribution in [0.25, 0.3) is 22.5 Å². The first-order valence-corrected chi connectivity index (χ1v) is 21.1. The summed E-state index contributed by atoms with van der Waals surface area (Å²) in [6, 6.07) is 10.9. The van der Waals surface area contributed by atoms with E-state index in [0.29, 0.717) is 13.1 Å². The fourth-order valence-corrected chi connectivity index (χ4v) is 8.11. The summed E-state index contributed by atoms with van der Waals surface area (Å²) in [5, 5.41) is 8.34. The summed E-state index contributed by atoms with van der Waals surface area (Å²) in [4.78, 5) is 68.6. The maximum atomic E-state index is 13.8. The van der Waals surface area contributed by atoms with E-state index in [9.17, 15) is 19.2 Å². The number of carbonyl (C=O) groups is 4. The lowest BCUT2D eigenvalue weighted by molar-refractivity contribution is -0.135. The SMILES string of the molecule is CC[C@H](C)C(NC(=O)OC)C(=O)NCCCCc1ncc(-c2ccc3c(c2)Oc2ccc(-c4cnc([C@@H]5CCCN5C(=O)[C@@H](NC(=O)OC)[C@@H](C)CC)[nH]4)cc2C3(C)C)[nH]1. The number of benzene rings is 2. The normalized spacial score (nSPS) is 17.3. The van der Waals surface area contributed by atoms with E-state index in [4.69, 9.17) is 19.2 Å². The first-order valence-electron chi connectivity index (χ1n) is 21.1. The van der Waals surface area contributed by atoms with E-state index in [0.717, 1.165) is 102 Å². The largest absolute Gasteiger partial charge is 0.457 e. The molecule has 2 aliphatic rings. The van der Waals surface area contributed by atoms with Gasteiger partial charge in [0.15, 0.2) is 0 Å². The number of likely N-dealkylation sites (tertiary alicyclic amines) is 1. The van der Waals surface area contributed by atoms with Crippen LogP contribution in [-0.4, -0.2) is 88.2 Å². The van der Waals surface area contributed by atoms with Crippen LogP contribution in [0.2, 0.25) is 0 Å². The number of hydrogen-bond donors (Lipinski definition) is 5. The van der Waals surface area contributed by atoms with Crippen LogP contribution in [0.5, 0.6) is 11.5 Å². The molecule has 5 atom stereocenters. The van der Waals surface area contributed by atoms with E-state index < -0.39 is 24.3 Å². The zero-order chi connectivity index (χ0) is 43.1. The maximum Gasteiger partial charge on any atom is 0.407 e. The summed E-state index contributed by atoms with van der Waals surface area (Å²) >= 11 is 0. The van der Waals surface area contributed by atoms with Gasteiger partial charge >= 0.3 is 12.2 Å². The zero-order valence-electron chi connectivity index (χ0n) is 36.1. The number of imidazole rings is 2. The van der Waals surface area contributed by atoms with E-state index >= 15 is 0 Å². The lowest BCUT2D eigenvalue weighted by Crippen LogP contribution is -2.51. The second-order valence-electron chi connectivity index (χ2n) is 16.5. The number of carbonyl (C=O) groups excluding carboxylic acids is 4. The van der Waals surface area contributed by atoms with Crippen LogP contribution in [0.3, 0.4) is 0 Å². The quantitative estimate of drug-likeness (QED) is 0.0710. The minimum Gasteiger partial charge on any atom is -0.457 e. The average molecular weight is 825 g/mol. The number of H-pyrrole nitrogens is 2. The summed E-state index contributed by atoms with van der Waals surface area (Å²) in [7, 11) is 2.58. The molecular weight excluding hydrogens is 765 g/mol. The molecule has 322 valence electrons. The van der Waals surface area contributed by atoms with E-state index in [2.05, 4.69) is 69.0 Å². The number of ether oxygens (including phenoxy) is 3. The minimum absolute atomic E-state index is 0.0280. The molecule has 1 unspecified atom stereocenters. The number of alkyl carbamates (subject to hydrolysis) is 2. The molecule has 60 heavy (non-hydrogen) atoms. The molecule has 0 aliphatic carbocycles. The van der Waals surface area contributed by atoms with Crippen molar-refractivity contribution >= 4 is 24.0 Å². The number of fused-ring (bicyclic) bond motifs is 2. The van der Waals surface area contributed by atoms with Gasteiger partial charge in [-0.3, -0.25) is 9.59 Å². The van der Waals surface area contributed by atoms with E-state index in [-0.39, 0.29) is 35.1 Å². The van der Waals surface area contributed by atoms with Gasteiger partial charge in [0.25, 0.3) is 0 Å². The second kappa shape index (κ2) is 19.0. The van der Waals surface area contributed by atoms with Crippen molar-refractivity contribution in [2.75, 3.05) is 27.3 Å². The highest BCUT2D eigenvalue weighted by Crippen LogP contribution is 2.49. The first kappa shape index (κ1) is 43.7. The Morgan fingerprint density at radius 2 is 1.50 bits per heavy atom. The fourth-order valence-electron chi connectivity index (χ4n) is 8.11. The molecule has 5 N–H and O–H groups in total. The molecule has 0 spiro atoms. The Hall–Kier alpha value is -5.86. The molecule has 2 aliphatic heterocycles. The average Bonchev–Trinajstić information content (AvgIpc) is 4.05. The molecule has 2 aromatic heterocycles. The number of methoxy groups -OCH3 is 2. The van der Waals surface area contributed by atoms with Crippen molar-refractivity contribution < 1.29 is 33.4 Å². The highest BCUT2D eigenvalue weighted by Gasteiger charge is 2.39. The van der Waals surface area contributed by atoms with Gasteiger partial charge in [0.2, 0.25) is 11.8 Å². The summed E-state index contributed by atoms with van der Waals surface area (Å²) < 4.78 is 16.1. The molecule has 1 saturated heterocycles. The predicted octanol–water partition coefficient (Wildman–Crippen LogP) is 7.54. The van der Waals surface area contributed by atoms with Crippen LogP contribution in [0.4, 0.5) is 9.59 Å². The Morgan fingerprint density at radius 1 is 0.850 bits per heavy atom. The Kier molecular flexibility index (Phi) is 13.9. The van der Waals surface area contributed by atoms with Gasteiger partial charge in [-0.15, -0.1) is 0 Å². The molecule has 15 nitrogen and oxygen atoms in total. The summed E-state index contributed by atoms with van der Waals surface area (Å²) in [6.45, 7) is 13.3. The number of unbranched alkanes of at least 4 members (excludes halogenated alkanes) is 1. The molecule has 2 aromatic carbocycles. The molecular formula is C45H60N8O7. The number of hydrogen-bond acceptors (Lipinski definition) is 9. The van der Waals surface area contributed by atoms with Crippen molar-refractivity contribution in [3.63, 3.8) is 0 Å². The molecule has 0 bridgehead atoms. The van der Waals surface area contributed by atoms with Gasteiger partial charge in [-0.1, -0.05) is 66.5 Å². The third-order valence-electron chi connectivity index (χ3n) is 12.3. The van der Waals surface area contributed by atoms with Gasteiger partial charge in [0, 0.05) is 47.2 Å². The Balaban J connectivity index is 1.09. The molecule has 4 aromatic rings. The van der Waals surface area contributed by atoms with Crippen molar-refractivity contribution in [3.05, 3.63) is 71.6 Å². The highest BCUT2D eigenvalue weighted by molar-refractivity contribution is 5.87. The monoisotopic (exact) mass is 824 g/mol. The number of nitrogens with zero attached hydrogens (tertiary/aromatic N) is 3. The predicted molar refractivity (Wildman–Crippen MR) is 227 cm³/mol. The van der Waals surface area contributed by atoms with E-state index in [1.165, 1.54) is 14.2 Å². The standard InChI is InChI=1S/C45H60N8O7/c1-9-26(3)38(51-43(56)58-7)41(54)46-20-12-11-15-37-47-24-32(49-37)29-16-18-30-36(23-29)60-35-19-17-28(22-31(35)45(30,5)6)33-25-48-40(50-33)34-14-13-21-53(34)42(55)39(27(4)10-2)52-44(57)59-8/h16-19,22-27,34,38-39H,9-15,20-21H2,1-8H3,(H,46,54)(H,47,49)(H,48,50)(H,51,56)(H,52,57)/t26-,27-,34-,38?,39-/m0/s1. The zero-order valence-corrected chi connectivity index (χ0v) is 36.1.